The smallest absolute Gasteiger partial charge is 0.0286 e. The molecule has 1 saturated carbocycles. The van der Waals surface area contributed by atoms with Gasteiger partial charge in [-0.2, -0.15) is 0 Å². The lowest BCUT2D eigenvalue weighted by Crippen LogP contribution is -2.37. The molecule has 1 fully saturated rings. The van der Waals surface area contributed by atoms with Crippen molar-refractivity contribution in [3.8, 4) is 0 Å². The van der Waals surface area contributed by atoms with Gasteiger partial charge in [0, 0.05) is 17.2 Å². The van der Waals surface area contributed by atoms with Crippen LogP contribution in [0.1, 0.15) is 60.8 Å². The molecule has 1 aliphatic carbocycles. The van der Waals surface area contributed by atoms with Crippen LogP contribution in [0.25, 0.3) is 0 Å². The van der Waals surface area contributed by atoms with Crippen LogP contribution in [0, 0.1) is 11.8 Å². The highest BCUT2D eigenvalue weighted by atomic mass is 15.0. The van der Waals surface area contributed by atoms with E-state index >= 15 is 0 Å². The Morgan fingerprint density at radius 1 is 1.20 bits per heavy atom. The van der Waals surface area contributed by atoms with Gasteiger partial charge < -0.3 is 5.32 Å². The maximum atomic E-state index is 4.16. The van der Waals surface area contributed by atoms with Gasteiger partial charge in [-0.1, -0.05) is 40.2 Å². The Kier molecular flexibility index (Phi) is 6.00. The van der Waals surface area contributed by atoms with Crippen molar-refractivity contribution in [2.45, 2.75) is 66.3 Å². The van der Waals surface area contributed by atoms with E-state index in [4.69, 9.17) is 0 Å². The molecule has 90 valence electrons. The molecular formula is C14H29N. The summed E-state index contributed by atoms with van der Waals surface area (Å²) >= 11 is 0. The van der Waals surface area contributed by atoms with E-state index in [9.17, 15) is 0 Å². The number of allylic oxidation sites excluding steroid dienone is 1. The van der Waals surface area contributed by atoms with Gasteiger partial charge in [0.15, 0.2) is 0 Å². The summed E-state index contributed by atoms with van der Waals surface area (Å²) in [5.74, 6) is 1.53. The van der Waals surface area contributed by atoms with Crippen molar-refractivity contribution in [1.29, 1.82) is 0 Å². The van der Waals surface area contributed by atoms with E-state index in [2.05, 4.69) is 39.6 Å². The highest BCUT2D eigenvalue weighted by Crippen LogP contribution is 2.35. The minimum atomic E-state index is 0.166. The first-order chi connectivity index (χ1) is 6.90. The summed E-state index contributed by atoms with van der Waals surface area (Å²) in [5, 5.41) is 3.50. The van der Waals surface area contributed by atoms with Crippen molar-refractivity contribution >= 4 is 0 Å². The summed E-state index contributed by atoms with van der Waals surface area (Å²) in [6.07, 6.45) is 4.06. The second-order valence-corrected chi connectivity index (χ2v) is 5.41. The molecule has 1 aliphatic rings. The molecular weight excluding hydrogens is 182 g/mol. The third-order valence-electron chi connectivity index (χ3n) is 2.84. The lowest BCUT2D eigenvalue weighted by atomic mass is 9.93. The third kappa shape index (κ3) is 5.25. The molecule has 0 bridgehead atoms. The molecule has 0 aromatic rings. The Bertz CT molecular complexity index is 188. The summed E-state index contributed by atoms with van der Waals surface area (Å²) in [6.45, 7) is 17.1. The quantitative estimate of drug-likeness (QED) is 0.716. The average molecular weight is 211 g/mol. The zero-order valence-corrected chi connectivity index (χ0v) is 11.5. The second kappa shape index (κ2) is 6.19. The van der Waals surface area contributed by atoms with Crippen molar-refractivity contribution < 1.29 is 0 Å². The van der Waals surface area contributed by atoms with Gasteiger partial charge >= 0.3 is 0 Å². The van der Waals surface area contributed by atoms with Crippen LogP contribution in [0.4, 0.5) is 0 Å². The molecule has 0 saturated heterocycles. The van der Waals surface area contributed by atoms with Gasteiger partial charge in [0.1, 0.15) is 0 Å². The highest BCUT2D eigenvalue weighted by molar-refractivity contribution is 5.05. The molecule has 15 heavy (non-hydrogen) atoms. The summed E-state index contributed by atoms with van der Waals surface area (Å²) < 4.78 is 0. The van der Waals surface area contributed by atoms with E-state index < -0.39 is 0 Å². The molecule has 1 N–H and O–H groups in total. The molecule has 1 rings (SSSR count). The summed E-state index contributed by atoms with van der Waals surface area (Å²) in [6, 6.07) is 0. The van der Waals surface area contributed by atoms with Crippen LogP contribution < -0.4 is 5.32 Å². The minimum absolute atomic E-state index is 0.166. The molecule has 2 atom stereocenters. The van der Waals surface area contributed by atoms with E-state index in [-0.39, 0.29) is 5.54 Å². The monoisotopic (exact) mass is 211 g/mol. The van der Waals surface area contributed by atoms with Gasteiger partial charge in [0.2, 0.25) is 0 Å². The van der Waals surface area contributed by atoms with Crippen LogP contribution in [-0.2, 0) is 0 Å². The zero-order chi connectivity index (χ0) is 12.1. The number of hydrogen-bond acceptors (Lipinski definition) is 1. The maximum Gasteiger partial charge on any atom is 0.0286 e. The molecule has 0 spiro atoms. The van der Waals surface area contributed by atoms with Crippen LogP contribution >= 0.6 is 0 Å². The van der Waals surface area contributed by atoms with E-state index in [1.165, 1.54) is 25.0 Å². The molecule has 0 aliphatic heterocycles. The predicted molar refractivity (Wildman–Crippen MR) is 69.9 cm³/mol. The largest absolute Gasteiger partial charge is 0.384 e. The first-order valence-electron chi connectivity index (χ1n) is 6.37. The van der Waals surface area contributed by atoms with Crippen LogP contribution in [0.2, 0.25) is 0 Å². The van der Waals surface area contributed by atoms with Crippen molar-refractivity contribution in [2.75, 3.05) is 0 Å². The van der Waals surface area contributed by atoms with Gasteiger partial charge in [0.05, 0.1) is 0 Å². The van der Waals surface area contributed by atoms with Gasteiger partial charge in [-0.15, -0.1) is 0 Å². The Balaban J connectivity index is 0.000000921. The topological polar surface area (TPSA) is 12.0 Å². The average Bonchev–Trinajstić information content (AvgIpc) is 2.52. The molecule has 0 aromatic heterocycles. The third-order valence-corrected chi connectivity index (χ3v) is 2.84. The Hall–Kier alpha value is -0.460. The van der Waals surface area contributed by atoms with E-state index in [0.717, 1.165) is 5.92 Å². The van der Waals surface area contributed by atoms with Crippen molar-refractivity contribution in [3.05, 3.63) is 12.3 Å². The summed E-state index contributed by atoms with van der Waals surface area (Å²) in [5.41, 5.74) is 1.41. The molecule has 0 aromatic carbocycles. The molecule has 1 nitrogen and oxygen atoms in total. The van der Waals surface area contributed by atoms with Gasteiger partial charge in [-0.05, 0) is 33.1 Å². The van der Waals surface area contributed by atoms with Crippen molar-refractivity contribution in [1.82, 2.24) is 5.32 Å². The fourth-order valence-electron chi connectivity index (χ4n) is 2.24. The molecule has 0 heterocycles. The zero-order valence-electron chi connectivity index (χ0n) is 11.5. The maximum absolute atomic E-state index is 4.16. The van der Waals surface area contributed by atoms with Crippen LogP contribution in [0.15, 0.2) is 12.3 Å². The van der Waals surface area contributed by atoms with Crippen LogP contribution in [0.3, 0.4) is 0 Å². The van der Waals surface area contributed by atoms with Crippen LogP contribution in [-0.4, -0.2) is 5.54 Å². The fraction of sp³-hybridized carbons (Fsp3) is 0.857. The normalized spacial score (nSPS) is 25.5. The first-order valence-corrected chi connectivity index (χ1v) is 6.37. The minimum Gasteiger partial charge on any atom is -0.384 e. The van der Waals surface area contributed by atoms with Gasteiger partial charge in [-0.25, -0.2) is 0 Å². The standard InChI is InChI=1S/C12H23N.C2H6/c1-9-7-6-8-11(9)10(2)13-12(3,4)5;1-2/h9,11,13H,2,6-8H2,1,3-5H3;1-2H3/t9?,11-;/m1./s1. The highest BCUT2D eigenvalue weighted by Gasteiger charge is 2.27. The lowest BCUT2D eigenvalue weighted by Gasteiger charge is -2.28. The Morgan fingerprint density at radius 2 is 1.73 bits per heavy atom. The number of rotatable bonds is 2. The molecule has 1 heteroatoms. The van der Waals surface area contributed by atoms with E-state index in [1.54, 1.807) is 0 Å². The second-order valence-electron chi connectivity index (χ2n) is 5.41. The molecule has 1 unspecified atom stereocenters. The molecule has 0 amide bonds. The summed E-state index contributed by atoms with van der Waals surface area (Å²) in [4.78, 5) is 0. The van der Waals surface area contributed by atoms with Crippen molar-refractivity contribution in [2.24, 2.45) is 11.8 Å². The van der Waals surface area contributed by atoms with E-state index in [0.29, 0.717) is 5.92 Å². The number of nitrogens with one attached hydrogen (secondary N) is 1. The fourth-order valence-corrected chi connectivity index (χ4v) is 2.24. The van der Waals surface area contributed by atoms with Crippen LogP contribution in [0.5, 0.6) is 0 Å². The SMILES string of the molecule is C=C(NC(C)(C)C)[C@@H]1CCCC1C.CC. The number of hydrogen-bond donors (Lipinski definition) is 1. The Morgan fingerprint density at radius 3 is 2.07 bits per heavy atom. The summed E-state index contributed by atoms with van der Waals surface area (Å²) in [7, 11) is 0. The first kappa shape index (κ1) is 14.5. The molecule has 0 radical (unpaired) electrons. The van der Waals surface area contributed by atoms with Crippen molar-refractivity contribution in [3.63, 3.8) is 0 Å². The van der Waals surface area contributed by atoms with Gasteiger partial charge in [0.25, 0.3) is 0 Å². The Labute approximate surface area is 96.3 Å². The lowest BCUT2D eigenvalue weighted by molar-refractivity contribution is 0.392. The van der Waals surface area contributed by atoms with Gasteiger partial charge in [-0.3, -0.25) is 0 Å². The van der Waals surface area contributed by atoms with E-state index in [1.807, 2.05) is 13.8 Å². The predicted octanol–water partition coefficient (Wildman–Crippen LogP) is 4.35.